The number of rotatable bonds is 0. The van der Waals surface area contributed by atoms with Crippen molar-refractivity contribution in [3.05, 3.63) is 28.2 Å². The second-order valence-electron chi connectivity index (χ2n) is 5.62. The van der Waals surface area contributed by atoms with Crippen molar-refractivity contribution in [2.75, 3.05) is 13.2 Å². The van der Waals surface area contributed by atoms with Crippen molar-refractivity contribution in [3.63, 3.8) is 0 Å². The van der Waals surface area contributed by atoms with E-state index in [0.717, 1.165) is 17.3 Å². The first-order valence-electron chi connectivity index (χ1n) is 6.95. The predicted molar refractivity (Wildman–Crippen MR) is 74.9 cm³/mol. The smallest absolute Gasteiger partial charge is 0.173 e. The molecule has 2 heterocycles. The molecule has 0 bridgehead atoms. The highest BCUT2D eigenvalue weighted by Crippen LogP contribution is 2.44. The summed E-state index contributed by atoms with van der Waals surface area (Å²) in [5.41, 5.74) is 0.685. The maximum Gasteiger partial charge on any atom is 0.173 e. The Labute approximate surface area is 125 Å². The van der Waals surface area contributed by atoms with Gasteiger partial charge in [-0.1, -0.05) is 15.9 Å². The number of ether oxygens (including phenoxy) is 3. The third-order valence-electron chi connectivity index (χ3n) is 4.43. The third-order valence-corrected chi connectivity index (χ3v) is 4.93. The standard InChI is InChI=1S/C15H15BrO4/c16-9-1-2-12-11(7-9)14(17)10-3-4-15(8-13(10)20-12)18-5-6-19-15/h1-2,7,10,13H,3-6,8H2/t10?,13-/m0/s1. The normalized spacial score (nSPS) is 30.8. The number of Topliss-reactive ketones (excluding diaryl/α,β-unsaturated/α-hetero) is 1. The van der Waals surface area contributed by atoms with Gasteiger partial charge in [0.25, 0.3) is 0 Å². The first kappa shape index (κ1) is 12.8. The highest BCUT2D eigenvalue weighted by atomic mass is 79.9. The molecule has 0 radical (unpaired) electrons. The quantitative estimate of drug-likeness (QED) is 0.729. The minimum Gasteiger partial charge on any atom is -0.489 e. The van der Waals surface area contributed by atoms with Crippen molar-refractivity contribution in [2.45, 2.75) is 31.2 Å². The summed E-state index contributed by atoms with van der Waals surface area (Å²) in [6.07, 6.45) is 2.03. The number of fused-ring (bicyclic) bond motifs is 2. The number of halogens is 1. The summed E-state index contributed by atoms with van der Waals surface area (Å²) >= 11 is 3.41. The maximum absolute atomic E-state index is 12.6. The molecule has 1 aromatic rings. The van der Waals surface area contributed by atoms with E-state index in [1.54, 1.807) is 0 Å². The summed E-state index contributed by atoms with van der Waals surface area (Å²) in [6, 6.07) is 5.60. The van der Waals surface area contributed by atoms with Crippen LogP contribution in [0.1, 0.15) is 29.6 Å². The van der Waals surface area contributed by atoms with Gasteiger partial charge in [-0.25, -0.2) is 0 Å². The average Bonchev–Trinajstić information content (AvgIpc) is 2.88. The maximum atomic E-state index is 12.6. The lowest BCUT2D eigenvalue weighted by Gasteiger charge is -2.42. The number of hydrogen-bond acceptors (Lipinski definition) is 4. The molecule has 2 atom stereocenters. The van der Waals surface area contributed by atoms with Gasteiger partial charge in [0.2, 0.25) is 0 Å². The predicted octanol–water partition coefficient (Wildman–Crippen LogP) is 2.94. The van der Waals surface area contributed by atoms with Gasteiger partial charge in [0.15, 0.2) is 11.6 Å². The molecule has 2 fully saturated rings. The zero-order valence-electron chi connectivity index (χ0n) is 10.9. The van der Waals surface area contributed by atoms with Gasteiger partial charge in [-0.15, -0.1) is 0 Å². The molecule has 106 valence electrons. The molecule has 5 heteroatoms. The zero-order chi connectivity index (χ0) is 13.7. The van der Waals surface area contributed by atoms with E-state index in [4.69, 9.17) is 14.2 Å². The van der Waals surface area contributed by atoms with Crippen molar-refractivity contribution in [3.8, 4) is 5.75 Å². The molecule has 4 rings (SSSR count). The lowest BCUT2D eigenvalue weighted by atomic mass is 9.77. The fourth-order valence-electron chi connectivity index (χ4n) is 3.46. The third kappa shape index (κ3) is 1.91. The van der Waals surface area contributed by atoms with E-state index in [1.807, 2.05) is 18.2 Å². The molecular formula is C15H15BrO4. The summed E-state index contributed by atoms with van der Waals surface area (Å²) in [4.78, 5) is 12.6. The van der Waals surface area contributed by atoms with Gasteiger partial charge in [0.05, 0.1) is 24.7 Å². The van der Waals surface area contributed by atoms with E-state index < -0.39 is 5.79 Å². The Hall–Kier alpha value is -0.910. The molecule has 20 heavy (non-hydrogen) atoms. The molecule has 1 aliphatic carbocycles. The molecule has 4 nitrogen and oxygen atoms in total. The van der Waals surface area contributed by atoms with Crippen LogP contribution in [0.2, 0.25) is 0 Å². The first-order valence-corrected chi connectivity index (χ1v) is 7.75. The minimum atomic E-state index is -0.520. The summed E-state index contributed by atoms with van der Waals surface area (Å²) in [5, 5.41) is 0. The topological polar surface area (TPSA) is 44.8 Å². The van der Waals surface area contributed by atoms with Gasteiger partial charge in [-0.2, -0.15) is 0 Å². The second kappa shape index (κ2) is 4.55. The average molecular weight is 339 g/mol. The fraction of sp³-hybridized carbons (Fsp3) is 0.533. The van der Waals surface area contributed by atoms with E-state index in [1.165, 1.54) is 0 Å². The van der Waals surface area contributed by atoms with Crippen LogP contribution in [-0.2, 0) is 9.47 Å². The van der Waals surface area contributed by atoms with Crippen LogP contribution >= 0.6 is 15.9 Å². The summed E-state index contributed by atoms with van der Waals surface area (Å²) in [6.45, 7) is 1.27. The van der Waals surface area contributed by atoms with Crippen LogP contribution in [0.25, 0.3) is 0 Å². The first-order chi connectivity index (χ1) is 9.67. The van der Waals surface area contributed by atoms with Crippen LogP contribution < -0.4 is 4.74 Å². The number of ketones is 1. The number of carbonyl (C=O) groups is 1. The molecule has 0 aromatic heterocycles. The number of hydrogen-bond donors (Lipinski definition) is 0. The van der Waals surface area contributed by atoms with Crippen molar-refractivity contribution >= 4 is 21.7 Å². The summed E-state index contributed by atoms with van der Waals surface area (Å²) < 4.78 is 18.5. The Balaban J connectivity index is 1.66. The van der Waals surface area contributed by atoms with Gasteiger partial charge in [0.1, 0.15) is 11.9 Å². The summed E-state index contributed by atoms with van der Waals surface area (Å²) in [7, 11) is 0. The van der Waals surface area contributed by atoms with Gasteiger partial charge in [0, 0.05) is 17.3 Å². The lowest BCUT2D eigenvalue weighted by Crippen LogP contribution is -2.49. The van der Waals surface area contributed by atoms with Gasteiger partial charge < -0.3 is 14.2 Å². The molecule has 1 spiro atoms. The number of carbonyl (C=O) groups excluding carboxylic acids is 1. The Morgan fingerprint density at radius 1 is 1.25 bits per heavy atom. The van der Waals surface area contributed by atoms with Crippen molar-refractivity contribution < 1.29 is 19.0 Å². The van der Waals surface area contributed by atoms with Crippen molar-refractivity contribution in [2.24, 2.45) is 5.92 Å². The SMILES string of the molecule is O=C1c2cc(Br)ccc2O[C@H]2CC3(CCC12)OCCO3. The fourth-order valence-corrected chi connectivity index (χ4v) is 3.82. The monoisotopic (exact) mass is 338 g/mol. The Bertz CT molecular complexity index is 565. The van der Waals surface area contributed by atoms with Crippen LogP contribution in [-0.4, -0.2) is 30.9 Å². The van der Waals surface area contributed by atoms with Crippen LogP contribution in [0.3, 0.4) is 0 Å². The Morgan fingerprint density at radius 2 is 2.05 bits per heavy atom. The highest BCUT2D eigenvalue weighted by Gasteiger charge is 2.50. The van der Waals surface area contributed by atoms with E-state index in [0.29, 0.717) is 30.9 Å². The molecule has 1 saturated carbocycles. The molecule has 2 aliphatic heterocycles. The highest BCUT2D eigenvalue weighted by molar-refractivity contribution is 9.10. The van der Waals surface area contributed by atoms with Gasteiger partial charge in [-0.05, 0) is 24.6 Å². The molecule has 1 aromatic carbocycles. The van der Waals surface area contributed by atoms with Crippen LogP contribution in [0.15, 0.2) is 22.7 Å². The molecule has 0 N–H and O–H groups in total. The van der Waals surface area contributed by atoms with E-state index in [9.17, 15) is 4.79 Å². The van der Waals surface area contributed by atoms with Gasteiger partial charge in [-0.3, -0.25) is 4.79 Å². The van der Waals surface area contributed by atoms with Crippen LogP contribution in [0.5, 0.6) is 5.75 Å². The largest absolute Gasteiger partial charge is 0.489 e. The van der Waals surface area contributed by atoms with Crippen LogP contribution in [0.4, 0.5) is 0 Å². The molecule has 1 saturated heterocycles. The molecular weight excluding hydrogens is 324 g/mol. The number of benzene rings is 1. The Morgan fingerprint density at radius 3 is 2.85 bits per heavy atom. The molecule has 1 unspecified atom stereocenters. The molecule has 0 amide bonds. The van der Waals surface area contributed by atoms with Crippen molar-refractivity contribution in [1.29, 1.82) is 0 Å². The van der Waals surface area contributed by atoms with Crippen LogP contribution in [0, 0.1) is 5.92 Å². The zero-order valence-corrected chi connectivity index (χ0v) is 12.5. The van der Waals surface area contributed by atoms with Crippen molar-refractivity contribution in [1.82, 2.24) is 0 Å². The Kier molecular flexibility index (Phi) is 2.91. The summed E-state index contributed by atoms with van der Waals surface area (Å²) in [5.74, 6) is 0.268. The minimum absolute atomic E-state index is 0.0739. The van der Waals surface area contributed by atoms with E-state index >= 15 is 0 Å². The lowest BCUT2D eigenvalue weighted by molar-refractivity contribution is -0.199. The van der Waals surface area contributed by atoms with Gasteiger partial charge >= 0.3 is 0 Å². The second-order valence-corrected chi connectivity index (χ2v) is 6.53. The molecule has 3 aliphatic rings. The van der Waals surface area contributed by atoms with E-state index in [2.05, 4.69) is 15.9 Å². The van der Waals surface area contributed by atoms with E-state index in [-0.39, 0.29) is 17.8 Å².